The molecule has 1 aliphatic carbocycles. The van der Waals surface area contributed by atoms with Crippen molar-refractivity contribution < 1.29 is 0 Å². The molecule has 102 valence electrons. The molecule has 0 aromatic carbocycles. The maximum atomic E-state index is 8.47. The van der Waals surface area contributed by atoms with E-state index in [9.17, 15) is 0 Å². The Morgan fingerprint density at radius 1 is 1.05 bits per heavy atom. The van der Waals surface area contributed by atoms with E-state index >= 15 is 0 Å². The zero-order valence-electron chi connectivity index (χ0n) is 11.8. The summed E-state index contributed by atoms with van der Waals surface area (Å²) in [6.07, 6.45) is 1.92. The van der Waals surface area contributed by atoms with Crippen LogP contribution < -0.4 is 0 Å². The Morgan fingerprint density at radius 2 is 1.58 bits per heavy atom. The van der Waals surface area contributed by atoms with Gasteiger partial charge in [-0.15, -0.1) is 0 Å². The molecule has 1 heterocycles. The third-order valence-corrected chi connectivity index (χ3v) is 3.99. The summed E-state index contributed by atoms with van der Waals surface area (Å²) in [4.78, 5) is 0. The van der Waals surface area contributed by atoms with Gasteiger partial charge in [0, 0.05) is 17.4 Å². The monoisotopic (exact) mass is 294 g/mol. The van der Waals surface area contributed by atoms with Crippen molar-refractivity contribution in [3.05, 3.63) is 22.5 Å². The molecule has 0 atom stereocenters. The first kappa shape index (κ1) is 14.4. The van der Waals surface area contributed by atoms with Crippen LogP contribution in [-0.2, 0) is 11.4 Å². The zero-order valence-corrected chi connectivity index (χ0v) is 13.4. The van der Waals surface area contributed by atoms with Gasteiger partial charge in [0.05, 0.1) is 17.1 Å². The van der Waals surface area contributed by atoms with Gasteiger partial charge in [-0.3, -0.25) is 5.41 Å². The molecule has 2 aliphatic rings. The number of nitrogens with one attached hydrogen (secondary N) is 1. The van der Waals surface area contributed by atoms with Crippen LogP contribution in [0.3, 0.4) is 0 Å². The van der Waals surface area contributed by atoms with Gasteiger partial charge in [-0.25, -0.2) is 4.40 Å². The average molecular weight is 294 g/mol. The Hall–Kier alpha value is -1.01. The lowest BCUT2D eigenvalue weighted by atomic mass is 9.81. The molecule has 0 saturated heterocycles. The van der Waals surface area contributed by atoms with Crippen LogP contribution >= 0.6 is 11.9 Å². The Kier molecular flexibility index (Phi) is 4.20. The lowest BCUT2D eigenvalue weighted by Crippen LogP contribution is -2.29. The van der Waals surface area contributed by atoms with Crippen molar-refractivity contribution in [1.29, 1.82) is 5.41 Å². The Bertz CT molecular complexity index is 588. The van der Waals surface area contributed by atoms with Gasteiger partial charge in [-0.1, -0.05) is 27.7 Å². The van der Waals surface area contributed by atoms with E-state index in [1.807, 2.05) is 6.26 Å². The number of nitrogens with zero attached hydrogens (tertiary/aromatic N) is 3. The van der Waals surface area contributed by atoms with Gasteiger partial charge in [-0.2, -0.15) is 8.73 Å². The predicted octanol–water partition coefficient (Wildman–Crippen LogP) is 4.02. The van der Waals surface area contributed by atoms with Gasteiger partial charge >= 0.3 is 0 Å². The van der Waals surface area contributed by atoms with Gasteiger partial charge in [-0.05, 0) is 23.8 Å². The first-order valence-electron chi connectivity index (χ1n) is 6.26. The lowest BCUT2D eigenvalue weighted by Gasteiger charge is -2.25. The lowest BCUT2D eigenvalue weighted by molar-refractivity contribution is 0.769. The normalized spacial score (nSPS) is 21.0. The summed E-state index contributed by atoms with van der Waals surface area (Å²) in [5.41, 5.74) is 5.09. The maximum Gasteiger partial charge on any atom is 0.110 e. The summed E-state index contributed by atoms with van der Waals surface area (Å²) in [5, 5.41) is 8.47. The van der Waals surface area contributed by atoms with Crippen LogP contribution in [0.2, 0.25) is 0 Å². The fourth-order valence-corrected chi connectivity index (χ4v) is 3.28. The maximum absolute atomic E-state index is 8.47. The molecule has 4 nitrogen and oxygen atoms in total. The molecule has 6 heteroatoms. The predicted molar refractivity (Wildman–Crippen MR) is 84.6 cm³/mol. The van der Waals surface area contributed by atoms with E-state index < -0.39 is 0 Å². The molecule has 0 saturated carbocycles. The molecule has 0 spiro atoms. The number of hydrogen-bond donors (Lipinski definition) is 1. The average Bonchev–Trinajstić information content (AvgIpc) is 2.77. The summed E-state index contributed by atoms with van der Waals surface area (Å²) in [7, 11) is 0. The number of fused-ring (bicyclic) bond motifs is 1. The molecule has 0 aromatic rings. The van der Waals surface area contributed by atoms with E-state index in [-0.39, 0.29) is 11.8 Å². The highest BCUT2D eigenvalue weighted by Gasteiger charge is 2.34. The van der Waals surface area contributed by atoms with E-state index in [1.165, 1.54) is 23.3 Å². The molecule has 2 rings (SSSR count). The SMILES string of the molecule is CSN=C1C(=N)C(C(C)C)=C2N=S=NC2=C1C(C)C. The Labute approximate surface area is 122 Å². The summed E-state index contributed by atoms with van der Waals surface area (Å²) < 4.78 is 13.3. The van der Waals surface area contributed by atoms with E-state index in [4.69, 9.17) is 5.41 Å². The molecular formula is C13H18N4S2. The van der Waals surface area contributed by atoms with Crippen molar-refractivity contribution in [2.75, 3.05) is 6.26 Å². The summed E-state index contributed by atoms with van der Waals surface area (Å²) in [6, 6.07) is 0. The molecule has 19 heavy (non-hydrogen) atoms. The second-order valence-electron chi connectivity index (χ2n) is 5.10. The molecule has 0 radical (unpaired) electrons. The molecule has 1 aliphatic heterocycles. The number of rotatable bonds is 3. The number of allylic oxidation sites excluding steroid dienone is 2. The van der Waals surface area contributed by atoms with Gasteiger partial charge in [0.2, 0.25) is 0 Å². The third kappa shape index (κ3) is 2.39. The van der Waals surface area contributed by atoms with E-state index in [0.29, 0.717) is 5.71 Å². The highest BCUT2D eigenvalue weighted by molar-refractivity contribution is 7.97. The van der Waals surface area contributed by atoms with E-state index in [1.54, 1.807) is 0 Å². The minimum absolute atomic E-state index is 0.246. The van der Waals surface area contributed by atoms with Crippen LogP contribution in [0.15, 0.2) is 35.7 Å². The van der Waals surface area contributed by atoms with Crippen LogP contribution in [0.25, 0.3) is 0 Å². The molecule has 0 aromatic heterocycles. The second kappa shape index (κ2) is 5.54. The molecule has 0 fully saturated rings. The third-order valence-electron chi connectivity index (χ3n) is 3.10. The zero-order chi connectivity index (χ0) is 14.2. The fraction of sp³-hybridized carbons (Fsp3) is 0.538. The van der Waals surface area contributed by atoms with Crippen LogP contribution in [0.5, 0.6) is 0 Å². The van der Waals surface area contributed by atoms with E-state index in [2.05, 4.69) is 40.8 Å². The summed E-state index contributed by atoms with van der Waals surface area (Å²) >= 11 is 2.61. The van der Waals surface area contributed by atoms with Crippen molar-refractivity contribution in [1.82, 2.24) is 0 Å². The van der Waals surface area contributed by atoms with Crippen molar-refractivity contribution >= 4 is 34.7 Å². The smallest absolute Gasteiger partial charge is 0.110 e. The van der Waals surface area contributed by atoms with Crippen LogP contribution in [0, 0.1) is 17.2 Å². The topological polar surface area (TPSA) is 60.9 Å². The summed E-state index contributed by atoms with van der Waals surface area (Å²) in [5.74, 6) is 0.526. The van der Waals surface area contributed by atoms with Crippen LogP contribution in [-0.4, -0.2) is 17.7 Å². The highest BCUT2D eigenvalue weighted by Crippen LogP contribution is 2.37. The van der Waals surface area contributed by atoms with Crippen LogP contribution in [0.4, 0.5) is 0 Å². The number of hydrogen-bond acceptors (Lipinski definition) is 5. The molecule has 1 N–H and O–H groups in total. The van der Waals surface area contributed by atoms with E-state index in [0.717, 1.165) is 28.3 Å². The van der Waals surface area contributed by atoms with Gasteiger partial charge in [0.15, 0.2) is 0 Å². The summed E-state index contributed by atoms with van der Waals surface area (Å²) in [6.45, 7) is 8.40. The largest absolute Gasteiger partial charge is 0.298 e. The van der Waals surface area contributed by atoms with Crippen LogP contribution in [0.1, 0.15) is 27.7 Å². The van der Waals surface area contributed by atoms with Crippen molar-refractivity contribution in [3.8, 4) is 0 Å². The fourth-order valence-electron chi connectivity index (χ4n) is 2.33. The quantitative estimate of drug-likeness (QED) is 0.620. The minimum atomic E-state index is 0.246. The van der Waals surface area contributed by atoms with Gasteiger partial charge in [0.1, 0.15) is 17.1 Å². The second-order valence-corrected chi connectivity index (χ2v) is 6.17. The van der Waals surface area contributed by atoms with Crippen molar-refractivity contribution in [2.45, 2.75) is 27.7 Å². The van der Waals surface area contributed by atoms with Gasteiger partial charge < -0.3 is 0 Å². The Balaban J connectivity index is 2.74. The van der Waals surface area contributed by atoms with Gasteiger partial charge in [0.25, 0.3) is 0 Å². The molecule has 0 bridgehead atoms. The minimum Gasteiger partial charge on any atom is -0.298 e. The van der Waals surface area contributed by atoms with Crippen molar-refractivity contribution in [2.24, 2.45) is 25.0 Å². The Morgan fingerprint density at radius 3 is 2.05 bits per heavy atom. The molecular weight excluding hydrogens is 276 g/mol. The van der Waals surface area contributed by atoms with Crippen molar-refractivity contribution in [3.63, 3.8) is 0 Å². The first-order chi connectivity index (χ1) is 8.99. The molecule has 0 amide bonds. The first-order valence-corrected chi connectivity index (χ1v) is 8.18. The highest BCUT2D eigenvalue weighted by atomic mass is 32.2. The standard InChI is InChI=1S/C13H18N4S2/c1-6(2)8-10(14)11(15-18-5)9(7(3)4)13-12(8)16-19-17-13/h6-7,14H,1-5H3. The molecule has 0 unspecified atom stereocenters.